The molecule has 0 saturated carbocycles. The van der Waals surface area contributed by atoms with Gasteiger partial charge in [-0.05, 0) is 37.0 Å². The van der Waals surface area contributed by atoms with Crippen LogP contribution >= 0.6 is 0 Å². The maximum Gasteiger partial charge on any atom is 0.416 e. The molecule has 1 N–H and O–H groups in total. The highest BCUT2D eigenvalue weighted by molar-refractivity contribution is 5.84. The molecular weight excluding hydrogens is 283 g/mol. The van der Waals surface area contributed by atoms with E-state index in [1.807, 2.05) is 0 Å². The van der Waals surface area contributed by atoms with Crippen LogP contribution in [0.2, 0.25) is 0 Å². The molecule has 2 rings (SSSR count). The third-order valence-electron chi connectivity index (χ3n) is 3.85. The van der Waals surface area contributed by atoms with Crippen molar-refractivity contribution in [1.29, 1.82) is 0 Å². The normalized spacial score (nSPS) is 22.7. The molecule has 0 spiro atoms. The largest absolute Gasteiger partial charge is 0.416 e. The molecule has 3 nitrogen and oxygen atoms in total. The molecule has 1 aromatic rings. The van der Waals surface area contributed by atoms with Crippen LogP contribution in [0.15, 0.2) is 36.9 Å². The number of nitrogens with zero attached hydrogens (tertiary/aromatic N) is 1. The third-order valence-corrected chi connectivity index (χ3v) is 3.85. The second kappa shape index (κ2) is 5.52. The summed E-state index contributed by atoms with van der Waals surface area (Å²) in [5, 5.41) is 10.2. The molecule has 1 atom stereocenters. The Bertz CT molecular complexity index is 539. The maximum absolute atomic E-state index is 12.5. The van der Waals surface area contributed by atoms with Gasteiger partial charge in [0.1, 0.15) is 0 Å². The Morgan fingerprint density at radius 1 is 1.33 bits per heavy atom. The van der Waals surface area contributed by atoms with Gasteiger partial charge in [0.05, 0.1) is 11.0 Å². The van der Waals surface area contributed by atoms with Crippen molar-refractivity contribution >= 4 is 5.91 Å². The van der Waals surface area contributed by atoms with E-state index < -0.39 is 23.1 Å². The number of halogens is 3. The molecule has 21 heavy (non-hydrogen) atoms. The Morgan fingerprint density at radius 3 is 2.38 bits per heavy atom. The smallest absolute Gasteiger partial charge is 0.286 e. The zero-order valence-corrected chi connectivity index (χ0v) is 11.4. The predicted molar refractivity (Wildman–Crippen MR) is 70.5 cm³/mol. The first kappa shape index (κ1) is 15.6. The zero-order valence-electron chi connectivity index (χ0n) is 11.4. The second-order valence-electron chi connectivity index (χ2n) is 5.32. The van der Waals surface area contributed by atoms with Gasteiger partial charge in [0, 0.05) is 6.54 Å². The molecule has 1 aliphatic rings. The van der Waals surface area contributed by atoms with E-state index in [9.17, 15) is 23.2 Å². The molecular formula is C15H16F3NO2. The molecule has 0 aromatic heterocycles. The van der Waals surface area contributed by atoms with Crippen LogP contribution in [-0.4, -0.2) is 22.7 Å². The van der Waals surface area contributed by atoms with Gasteiger partial charge in [0.15, 0.2) is 0 Å². The van der Waals surface area contributed by atoms with Crippen LogP contribution in [0.5, 0.6) is 0 Å². The van der Waals surface area contributed by atoms with Crippen LogP contribution in [-0.2, 0) is 17.4 Å². The number of carbonyl (C=O) groups excluding carboxylic acids is 1. The maximum atomic E-state index is 12.5. The van der Waals surface area contributed by atoms with E-state index in [1.54, 1.807) is 6.08 Å². The van der Waals surface area contributed by atoms with E-state index in [4.69, 9.17) is 0 Å². The van der Waals surface area contributed by atoms with Gasteiger partial charge in [-0.15, -0.1) is 6.58 Å². The van der Waals surface area contributed by atoms with Gasteiger partial charge in [-0.1, -0.05) is 18.2 Å². The van der Waals surface area contributed by atoms with Crippen molar-refractivity contribution in [3.63, 3.8) is 0 Å². The molecule has 0 radical (unpaired) electrons. The molecule has 1 saturated heterocycles. The summed E-state index contributed by atoms with van der Waals surface area (Å²) in [5.74, 6) is -0.401. The van der Waals surface area contributed by atoms with E-state index >= 15 is 0 Å². The average molecular weight is 299 g/mol. The van der Waals surface area contributed by atoms with Crippen LogP contribution in [0.1, 0.15) is 24.0 Å². The SMILES string of the molecule is C=CC[C@]1(Cc2ccc(C(F)(F)F)cc2)CCN(O)C1=O. The summed E-state index contributed by atoms with van der Waals surface area (Å²) in [5.41, 5.74) is -0.893. The lowest BCUT2D eigenvalue weighted by molar-refractivity contribution is -0.164. The molecule has 1 aliphatic heterocycles. The van der Waals surface area contributed by atoms with Crippen LogP contribution in [0, 0.1) is 5.41 Å². The van der Waals surface area contributed by atoms with Crippen molar-refractivity contribution in [1.82, 2.24) is 5.06 Å². The Labute approximate surface area is 120 Å². The number of hydroxylamine groups is 2. The Balaban J connectivity index is 2.22. The number of rotatable bonds is 4. The minimum absolute atomic E-state index is 0.229. The van der Waals surface area contributed by atoms with Crippen LogP contribution in [0.25, 0.3) is 0 Å². The molecule has 1 aromatic carbocycles. The first-order valence-electron chi connectivity index (χ1n) is 6.56. The minimum atomic E-state index is -4.37. The van der Waals surface area contributed by atoms with Crippen molar-refractivity contribution in [2.45, 2.75) is 25.4 Å². The van der Waals surface area contributed by atoms with Crippen molar-refractivity contribution in [2.24, 2.45) is 5.41 Å². The predicted octanol–water partition coefficient (Wildman–Crippen LogP) is 3.43. The third kappa shape index (κ3) is 3.10. The summed E-state index contributed by atoms with van der Waals surface area (Å²) < 4.78 is 37.6. The summed E-state index contributed by atoms with van der Waals surface area (Å²) in [6.07, 6.45) is -1.66. The fourth-order valence-electron chi connectivity index (χ4n) is 2.71. The Morgan fingerprint density at radius 2 is 1.95 bits per heavy atom. The fourth-order valence-corrected chi connectivity index (χ4v) is 2.71. The van der Waals surface area contributed by atoms with Gasteiger partial charge >= 0.3 is 6.18 Å². The van der Waals surface area contributed by atoms with Gasteiger partial charge in [-0.25, -0.2) is 5.06 Å². The van der Waals surface area contributed by atoms with Crippen molar-refractivity contribution in [3.05, 3.63) is 48.0 Å². The van der Waals surface area contributed by atoms with Crippen molar-refractivity contribution in [3.8, 4) is 0 Å². The molecule has 0 aliphatic carbocycles. The van der Waals surface area contributed by atoms with Gasteiger partial charge in [0.2, 0.25) is 0 Å². The summed E-state index contributed by atoms with van der Waals surface area (Å²) in [7, 11) is 0. The van der Waals surface area contributed by atoms with E-state index in [-0.39, 0.29) is 13.0 Å². The van der Waals surface area contributed by atoms with E-state index in [2.05, 4.69) is 6.58 Å². The highest BCUT2D eigenvalue weighted by atomic mass is 19.4. The second-order valence-corrected chi connectivity index (χ2v) is 5.32. The zero-order chi connectivity index (χ0) is 15.7. The molecule has 1 amide bonds. The first-order chi connectivity index (χ1) is 9.78. The summed E-state index contributed by atoms with van der Waals surface area (Å²) >= 11 is 0. The Kier molecular flexibility index (Phi) is 4.09. The van der Waals surface area contributed by atoms with Gasteiger partial charge in [-0.3, -0.25) is 10.0 Å². The number of hydrogen-bond donors (Lipinski definition) is 1. The first-order valence-corrected chi connectivity index (χ1v) is 6.56. The molecule has 1 heterocycles. The van der Waals surface area contributed by atoms with Crippen LogP contribution < -0.4 is 0 Å². The monoisotopic (exact) mass is 299 g/mol. The van der Waals surface area contributed by atoms with E-state index in [0.29, 0.717) is 23.5 Å². The molecule has 6 heteroatoms. The highest BCUT2D eigenvalue weighted by Gasteiger charge is 2.45. The van der Waals surface area contributed by atoms with E-state index in [0.717, 1.165) is 12.1 Å². The van der Waals surface area contributed by atoms with Crippen molar-refractivity contribution < 1.29 is 23.2 Å². The lowest BCUT2D eigenvalue weighted by atomic mass is 9.77. The number of hydrogen-bond acceptors (Lipinski definition) is 2. The molecule has 114 valence electrons. The summed E-state index contributed by atoms with van der Waals surface area (Å²) in [6.45, 7) is 3.85. The summed E-state index contributed by atoms with van der Waals surface area (Å²) in [4.78, 5) is 12.1. The number of alkyl halides is 3. The standard InChI is InChI=1S/C15H16F3NO2/c1-2-7-14(8-9-19(21)13(14)20)10-11-3-5-12(6-4-11)15(16,17)18/h2-6,21H,1,7-10H2/t14-/m1/s1. The Hall–Kier alpha value is -1.82. The highest BCUT2D eigenvalue weighted by Crippen LogP contribution is 2.39. The quantitative estimate of drug-likeness (QED) is 0.683. The van der Waals surface area contributed by atoms with Gasteiger partial charge in [0.25, 0.3) is 5.91 Å². The summed E-state index contributed by atoms with van der Waals surface area (Å²) in [6, 6.07) is 4.77. The fraction of sp³-hybridized carbons (Fsp3) is 0.400. The van der Waals surface area contributed by atoms with Crippen LogP contribution in [0.3, 0.4) is 0 Å². The van der Waals surface area contributed by atoms with Crippen molar-refractivity contribution in [2.75, 3.05) is 6.54 Å². The topological polar surface area (TPSA) is 40.5 Å². The molecule has 0 bridgehead atoms. The number of amides is 1. The molecule has 0 unspecified atom stereocenters. The van der Waals surface area contributed by atoms with Gasteiger partial charge in [-0.2, -0.15) is 13.2 Å². The minimum Gasteiger partial charge on any atom is -0.286 e. The number of benzene rings is 1. The lowest BCUT2D eigenvalue weighted by Crippen LogP contribution is -2.34. The number of allylic oxidation sites excluding steroid dienone is 1. The molecule has 1 fully saturated rings. The van der Waals surface area contributed by atoms with Crippen LogP contribution in [0.4, 0.5) is 13.2 Å². The van der Waals surface area contributed by atoms with Gasteiger partial charge < -0.3 is 0 Å². The average Bonchev–Trinajstić information content (AvgIpc) is 2.68. The van der Waals surface area contributed by atoms with E-state index in [1.165, 1.54) is 12.1 Å². The number of carbonyl (C=O) groups is 1. The lowest BCUT2D eigenvalue weighted by Gasteiger charge is -2.25.